The van der Waals surface area contributed by atoms with E-state index in [-0.39, 0.29) is 17.4 Å². The summed E-state index contributed by atoms with van der Waals surface area (Å²) in [5, 5.41) is 6.84. The van der Waals surface area contributed by atoms with Crippen LogP contribution in [0.2, 0.25) is 0 Å². The molecular formula is C25H21N3O3S2. The van der Waals surface area contributed by atoms with Crippen molar-refractivity contribution in [2.24, 2.45) is 0 Å². The zero-order valence-electron chi connectivity index (χ0n) is 17.7. The minimum Gasteiger partial charge on any atom is -0.486 e. The van der Waals surface area contributed by atoms with Crippen molar-refractivity contribution in [1.29, 1.82) is 0 Å². The number of carbonyl (C=O) groups is 1. The number of ether oxygens (including phenoxy) is 2. The molecule has 2 aromatic heterocycles. The van der Waals surface area contributed by atoms with Crippen molar-refractivity contribution in [2.45, 2.75) is 11.5 Å². The summed E-state index contributed by atoms with van der Waals surface area (Å²) in [6, 6.07) is 21.8. The molecule has 166 valence electrons. The fourth-order valence-corrected chi connectivity index (χ4v) is 6.10. The van der Waals surface area contributed by atoms with Gasteiger partial charge in [-0.3, -0.25) is 4.79 Å². The number of fused-ring (bicyclic) bond motifs is 1. The Bertz CT molecular complexity index is 1270. The van der Waals surface area contributed by atoms with Crippen LogP contribution in [0.1, 0.15) is 10.9 Å². The quantitative estimate of drug-likeness (QED) is 0.406. The maximum absolute atomic E-state index is 12.9. The maximum Gasteiger partial charge on any atom is 0.233 e. The van der Waals surface area contributed by atoms with Gasteiger partial charge in [-0.1, -0.05) is 36.4 Å². The highest BCUT2D eigenvalue weighted by molar-refractivity contribution is 8.00. The second-order valence-corrected chi connectivity index (χ2v) is 9.91. The third-order valence-corrected chi connectivity index (χ3v) is 7.83. The van der Waals surface area contributed by atoms with Crippen LogP contribution >= 0.6 is 23.1 Å². The molecule has 0 unspecified atom stereocenters. The molecule has 4 heterocycles. The van der Waals surface area contributed by atoms with Gasteiger partial charge in [0.15, 0.2) is 17.6 Å². The van der Waals surface area contributed by atoms with E-state index in [1.807, 2.05) is 70.2 Å². The Hall–Kier alpha value is -3.23. The van der Waals surface area contributed by atoms with Gasteiger partial charge < -0.3 is 14.4 Å². The maximum atomic E-state index is 12.9. The van der Waals surface area contributed by atoms with Crippen LogP contribution in [0.5, 0.6) is 11.5 Å². The predicted molar refractivity (Wildman–Crippen MR) is 130 cm³/mol. The second-order valence-electron chi connectivity index (χ2n) is 7.90. The summed E-state index contributed by atoms with van der Waals surface area (Å²) in [6.07, 6.45) is 1.83. The lowest BCUT2D eigenvalue weighted by atomic mass is 10.2. The Morgan fingerprint density at radius 2 is 1.82 bits per heavy atom. The molecule has 2 aromatic carbocycles. The van der Waals surface area contributed by atoms with Crippen molar-refractivity contribution in [3.63, 3.8) is 0 Å². The molecule has 2 aliphatic rings. The van der Waals surface area contributed by atoms with Crippen LogP contribution in [-0.2, 0) is 4.79 Å². The highest BCUT2D eigenvalue weighted by Crippen LogP contribution is 2.44. The van der Waals surface area contributed by atoms with E-state index in [1.165, 1.54) is 0 Å². The number of nitrogens with zero attached hydrogens (tertiary/aromatic N) is 3. The van der Waals surface area contributed by atoms with Crippen LogP contribution in [0.4, 0.5) is 0 Å². The number of thiophene rings is 1. The summed E-state index contributed by atoms with van der Waals surface area (Å²) in [5.74, 6) is 2.02. The average Bonchev–Trinajstić information content (AvgIpc) is 3.60. The lowest BCUT2D eigenvalue weighted by Gasteiger charge is -2.31. The molecule has 6 nitrogen and oxygen atoms in total. The van der Waals surface area contributed by atoms with Gasteiger partial charge in [0.2, 0.25) is 5.91 Å². The Balaban J connectivity index is 1.32. The first-order valence-electron chi connectivity index (χ1n) is 10.7. The Kier molecular flexibility index (Phi) is 5.32. The minimum atomic E-state index is -0.223. The van der Waals surface area contributed by atoms with E-state index in [2.05, 4.69) is 17.6 Å². The largest absolute Gasteiger partial charge is 0.486 e. The molecule has 1 amide bonds. The van der Waals surface area contributed by atoms with Gasteiger partial charge in [0.05, 0.1) is 22.9 Å². The summed E-state index contributed by atoms with van der Waals surface area (Å²) in [4.78, 5) is 15.9. The summed E-state index contributed by atoms with van der Waals surface area (Å²) in [7, 11) is 0. The molecule has 8 heteroatoms. The lowest BCUT2D eigenvalue weighted by molar-refractivity contribution is -0.129. The predicted octanol–water partition coefficient (Wildman–Crippen LogP) is 5.01. The number of carbonyl (C=O) groups excluding carboxylic acids is 1. The third-order valence-electron chi connectivity index (χ3n) is 5.72. The van der Waals surface area contributed by atoms with E-state index in [1.54, 1.807) is 23.1 Å². The smallest absolute Gasteiger partial charge is 0.233 e. The van der Waals surface area contributed by atoms with Crippen molar-refractivity contribution in [3.8, 4) is 27.8 Å². The molecular weight excluding hydrogens is 454 g/mol. The molecule has 0 saturated carbocycles. The summed E-state index contributed by atoms with van der Waals surface area (Å²) >= 11 is 3.29. The third kappa shape index (κ3) is 3.89. The molecule has 0 aliphatic carbocycles. The van der Waals surface area contributed by atoms with Gasteiger partial charge in [0.1, 0.15) is 17.7 Å². The van der Waals surface area contributed by atoms with Gasteiger partial charge in [0.25, 0.3) is 0 Å². The standard InChI is InChI=1S/C25H21N3O3S2/c29-23-16-33-25(27(23)13-18-15-30-20-9-4-5-10-21(20)31-18)19-14-28(17-7-2-1-3-8-17)26-24(19)22-11-6-12-32-22/h1-12,14,18,25H,13,15-16H2/t18-,25-/m1/s1. The number of para-hydroxylation sites is 3. The Labute approximate surface area is 199 Å². The summed E-state index contributed by atoms with van der Waals surface area (Å²) in [5.41, 5.74) is 2.94. The number of hydrogen-bond acceptors (Lipinski definition) is 6. The van der Waals surface area contributed by atoms with Crippen molar-refractivity contribution in [3.05, 3.63) is 83.9 Å². The number of amides is 1. The fourth-order valence-electron chi connectivity index (χ4n) is 4.17. The Morgan fingerprint density at radius 3 is 2.64 bits per heavy atom. The van der Waals surface area contributed by atoms with Crippen molar-refractivity contribution in [1.82, 2.24) is 14.7 Å². The number of aromatic nitrogens is 2. The first-order chi connectivity index (χ1) is 16.3. The first kappa shape index (κ1) is 20.4. The zero-order chi connectivity index (χ0) is 22.2. The van der Waals surface area contributed by atoms with Crippen LogP contribution in [0.25, 0.3) is 16.3 Å². The van der Waals surface area contributed by atoms with Gasteiger partial charge in [0, 0.05) is 11.8 Å². The molecule has 2 aliphatic heterocycles. The van der Waals surface area contributed by atoms with Crippen LogP contribution < -0.4 is 9.47 Å². The normalized spacial score (nSPS) is 19.8. The molecule has 0 bridgehead atoms. The number of thioether (sulfide) groups is 1. The highest BCUT2D eigenvalue weighted by Gasteiger charge is 2.38. The van der Waals surface area contributed by atoms with Gasteiger partial charge in [-0.2, -0.15) is 5.10 Å². The Morgan fingerprint density at radius 1 is 1.00 bits per heavy atom. The van der Waals surface area contributed by atoms with E-state index >= 15 is 0 Å². The number of benzene rings is 2. The average molecular weight is 476 g/mol. The topological polar surface area (TPSA) is 56.6 Å². The van der Waals surface area contributed by atoms with Crippen molar-refractivity contribution >= 4 is 29.0 Å². The van der Waals surface area contributed by atoms with E-state index in [0.717, 1.165) is 33.3 Å². The SMILES string of the molecule is O=C1CS[C@H](c2cn(-c3ccccc3)nc2-c2cccs2)N1C[C@@H]1COc2ccccc2O1. The molecule has 33 heavy (non-hydrogen) atoms. The zero-order valence-corrected chi connectivity index (χ0v) is 19.3. The van der Waals surface area contributed by atoms with Crippen LogP contribution in [0.15, 0.2) is 78.3 Å². The van der Waals surface area contributed by atoms with Crippen molar-refractivity contribution < 1.29 is 14.3 Å². The van der Waals surface area contributed by atoms with E-state index < -0.39 is 0 Å². The molecule has 0 spiro atoms. The lowest BCUT2D eigenvalue weighted by Crippen LogP contribution is -2.42. The van der Waals surface area contributed by atoms with Crippen LogP contribution in [0.3, 0.4) is 0 Å². The second kappa shape index (κ2) is 8.61. The molecule has 0 radical (unpaired) electrons. The van der Waals surface area contributed by atoms with Crippen LogP contribution in [-0.4, -0.2) is 45.6 Å². The number of rotatable bonds is 5. The van der Waals surface area contributed by atoms with Crippen molar-refractivity contribution in [2.75, 3.05) is 18.9 Å². The molecule has 1 fully saturated rings. The van der Waals surface area contributed by atoms with Gasteiger partial charge in [-0.15, -0.1) is 23.1 Å². The van der Waals surface area contributed by atoms with E-state index in [4.69, 9.17) is 14.6 Å². The van der Waals surface area contributed by atoms with Gasteiger partial charge in [-0.25, -0.2) is 4.68 Å². The summed E-state index contributed by atoms with van der Waals surface area (Å²) < 4.78 is 13.9. The molecule has 6 rings (SSSR count). The number of hydrogen-bond donors (Lipinski definition) is 0. The van der Waals surface area contributed by atoms with E-state index in [0.29, 0.717) is 18.9 Å². The summed E-state index contributed by atoms with van der Waals surface area (Å²) in [6.45, 7) is 0.879. The molecule has 4 aromatic rings. The highest BCUT2D eigenvalue weighted by atomic mass is 32.2. The molecule has 0 N–H and O–H groups in total. The van der Waals surface area contributed by atoms with Gasteiger partial charge in [-0.05, 0) is 35.7 Å². The fraction of sp³-hybridized carbons (Fsp3) is 0.200. The van der Waals surface area contributed by atoms with E-state index in [9.17, 15) is 4.79 Å². The van der Waals surface area contributed by atoms with Crippen LogP contribution in [0, 0.1) is 0 Å². The monoisotopic (exact) mass is 475 g/mol. The first-order valence-corrected chi connectivity index (χ1v) is 12.7. The van der Waals surface area contributed by atoms with Gasteiger partial charge >= 0.3 is 0 Å². The molecule has 2 atom stereocenters. The minimum absolute atomic E-state index is 0.108. The molecule has 1 saturated heterocycles.